The van der Waals surface area contributed by atoms with E-state index in [1.807, 2.05) is 0 Å². The summed E-state index contributed by atoms with van der Waals surface area (Å²) in [5, 5.41) is 1.18. The second-order valence-corrected chi connectivity index (χ2v) is 3.25. The third kappa shape index (κ3) is 12.0. The first kappa shape index (κ1) is 13.8. The molecule has 0 nitrogen and oxygen atoms in total. The molecule has 0 rings (SSSR count). The van der Waals surface area contributed by atoms with Gasteiger partial charge in [0.05, 0.1) is 0 Å². The van der Waals surface area contributed by atoms with Crippen LogP contribution < -0.4 is 0 Å². The van der Waals surface area contributed by atoms with Crippen molar-refractivity contribution in [2.24, 2.45) is 0 Å². The van der Waals surface area contributed by atoms with Crippen molar-refractivity contribution in [3.8, 4) is 0 Å². The van der Waals surface area contributed by atoms with Crippen LogP contribution in [0.3, 0.4) is 0 Å². The van der Waals surface area contributed by atoms with Gasteiger partial charge in [-0.1, -0.05) is 55.0 Å². The van der Waals surface area contributed by atoms with Gasteiger partial charge in [-0.2, -0.15) is 0 Å². The molecule has 0 heterocycles. The molecule has 0 saturated heterocycles. The molecule has 0 amide bonds. The molecule has 0 aromatic rings. The predicted molar refractivity (Wildman–Crippen MR) is 55.7 cm³/mol. The van der Waals surface area contributed by atoms with E-state index in [4.69, 9.17) is 0 Å². The second-order valence-electron chi connectivity index (χ2n) is 2.46. The lowest BCUT2D eigenvalue weighted by Gasteiger charge is -1.95. The van der Waals surface area contributed by atoms with Crippen molar-refractivity contribution >= 4 is 39.0 Å². The summed E-state index contributed by atoms with van der Waals surface area (Å²) in [5.74, 6) is 0. The Kier molecular flexibility index (Phi) is 17.8. The van der Waals surface area contributed by atoms with Crippen LogP contribution in [0.1, 0.15) is 45.4 Å². The van der Waals surface area contributed by atoms with Crippen LogP contribution in [0.15, 0.2) is 0 Å². The van der Waals surface area contributed by atoms with Gasteiger partial charge in [0.15, 0.2) is 0 Å². The largest absolute Gasteiger partial charge is 0.316 e. The van der Waals surface area contributed by atoms with Crippen molar-refractivity contribution in [2.45, 2.75) is 45.4 Å². The van der Waals surface area contributed by atoms with E-state index >= 15 is 0 Å². The average Bonchev–Trinajstić information content (AvgIpc) is 1.89. The fraction of sp³-hybridized carbons (Fsp3) is 1.00. The zero-order valence-electron chi connectivity index (χ0n) is 6.33. The molecule has 0 aliphatic heterocycles. The van der Waals surface area contributed by atoms with Crippen LogP contribution in [-0.2, 0) is 0 Å². The fourth-order valence-corrected chi connectivity index (χ4v) is 1.27. The average molecular weight is 219 g/mol. The molecule has 0 atom stereocenters. The molecule has 60 valence electrons. The van der Waals surface area contributed by atoms with Gasteiger partial charge in [0.25, 0.3) is 0 Å². The van der Waals surface area contributed by atoms with E-state index in [2.05, 4.69) is 22.9 Å². The Morgan fingerprint density at radius 3 is 1.90 bits per heavy atom. The first-order valence-corrected chi connectivity index (χ1v) is 5.10. The molecule has 0 unspecified atom stereocenters. The molecule has 0 bridgehead atoms. The lowest BCUT2D eigenvalue weighted by atomic mass is 10.1. The molecule has 0 aromatic heterocycles. The highest BCUT2D eigenvalue weighted by Gasteiger charge is 1.86. The maximum Gasteiger partial charge on any atom is 0.316 e. The quantitative estimate of drug-likeness (QED) is 0.366. The first-order valence-electron chi connectivity index (χ1n) is 3.97. The fourth-order valence-electron chi connectivity index (χ4n) is 0.875. The second kappa shape index (κ2) is 12.9. The minimum Gasteiger partial charge on any atom is -0.0928 e. The van der Waals surface area contributed by atoms with Crippen molar-refractivity contribution in [3.63, 3.8) is 0 Å². The standard InChI is InChI=1S/C8H17Br.Mg.2H/c1-2-3-4-5-6-7-8-9;;;/h2-8H2,1H3;;;. The number of halogens is 1. The van der Waals surface area contributed by atoms with Crippen molar-refractivity contribution in [1.82, 2.24) is 0 Å². The maximum absolute atomic E-state index is 3.42. The number of hydrogen-bond acceptors (Lipinski definition) is 0. The molecule has 0 saturated carbocycles. The van der Waals surface area contributed by atoms with Crippen molar-refractivity contribution < 1.29 is 0 Å². The molecule has 0 fully saturated rings. The molecular formula is C8H19BrMg. The van der Waals surface area contributed by atoms with Gasteiger partial charge in [0, 0.05) is 5.33 Å². The molecule has 0 spiro atoms. The van der Waals surface area contributed by atoms with Crippen molar-refractivity contribution in [3.05, 3.63) is 0 Å². The van der Waals surface area contributed by atoms with Gasteiger partial charge in [0.1, 0.15) is 0 Å². The van der Waals surface area contributed by atoms with Gasteiger partial charge in [-0.3, -0.25) is 0 Å². The Labute approximate surface area is 89.4 Å². The van der Waals surface area contributed by atoms with Crippen LogP contribution in [-0.4, -0.2) is 28.4 Å². The van der Waals surface area contributed by atoms with Gasteiger partial charge < -0.3 is 0 Å². The van der Waals surface area contributed by atoms with E-state index in [1.165, 1.54) is 43.9 Å². The Bertz CT molecular complexity index is 42.5. The Morgan fingerprint density at radius 2 is 1.40 bits per heavy atom. The summed E-state index contributed by atoms with van der Waals surface area (Å²) >= 11 is 3.42. The lowest BCUT2D eigenvalue weighted by molar-refractivity contribution is 0.628. The van der Waals surface area contributed by atoms with Crippen LogP contribution in [0.4, 0.5) is 0 Å². The molecule has 0 aliphatic carbocycles. The van der Waals surface area contributed by atoms with Gasteiger partial charge >= 0.3 is 23.1 Å². The Balaban J connectivity index is 0. The monoisotopic (exact) mass is 218 g/mol. The van der Waals surface area contributed by atoms with Gasteiger partial charge in [-0.15, -0.1) is 0 Å². The van der Waals surface area contributed by atoms with E-state index in [0.717, 1.165) is 0 Å². The topological polar surface area (TPSA) is 0 Å². The van der Waals surface area contributed by atoms with E-state index in [-0.39, 0.29) is 23.1 Å². The zero-order valence-corrected chi connectivity index (χ0v) is 7.91. The minimum atomic E-state index is 0. The number of alkyl halides is 1. The highest BCUT2D eigenvalue weighted by molar-refractivity contribution is 9.09. The molecule has 10 heavy (non-hydrogen) atoms. The van der Waals surface area contributed by atoms with E-state index < -0.39 is 0 Å². The summed E-state index contributed by atoms with van der Waals surface area (Å²) in [7, 11) is 0. The van der Waals surface area contributed by atoms with Crippen LogP contribution in [0.5, 0.6) is 0 Å². The molecular weight excluding hydrogens is 200 g/mol. The third-order valence-corrected chi connectivity index (χ3v) is 2.05. The number of rotatable bonds is 6. The molecule has 0 aliphatic rings. The predicted octanol–water partition coefficient (Wildman–Crippen LogP) is 2.83. The summed E-state index contributed by atoms with van der Waals surface area (Å²) in [4.78, 5) is 0. The highest BCUT2D eigenvalue weighted by Crippen LogP contribution is 2.05. The normalized spacial score (nSPS) is 9.00. The Hall–Kier alpha value is 1.25. The van der Waals surface area contributed by atoms with E-state index in [1.54, 1.807) is 0 Å². The summed E-state index contributed by atoms with van der Waals surface area (Å²) in [5.41, 5.74) is 0. The Morgan fingerprint density at radius 1 is 0.900 bits per heavy atom. The molecule has 2 heteroatoms. The highest BCUT2D eigenvalue weighted by atomic mass is 79.9. The van der Waals surface area contributed by atoms with Crippen LogP contribution >= 0.6 is 15.9 Å². The first-order chi connectivity index (χ1) is 4.41. The van der Waals surface area contributed by atoms with Crippen LogP contribution in [0.25, 0.3) is 0 Å². The van der Waals surface area contributed by atoms with Crippen molar-refractivity contribution in [1.29, 1.82) is 0 Å². The number of hydrogen-bond donors (Lipinski definition) is 0. The van der Waals surface area contributed by atoms with Gasteiger partial charge in [-0.05, 0) is 6.42 Å². The van der Waals surface area contributed by atoms with Crippen LogP contribution in [0, 0.1) is 0 Å². The summed E-state index contributed by atoms with van der Waals surface area (Å²) < 4.78 is 0. The number of unbranched alkanes of at least 4 members (excludes halogenated alkanes) is 5. The van der Waals surface area contributed by atoms with Crippen molar-refractivity contribution in [2.75, 3.05) is 5.33 Å². The van der Waals surface area contributed by atoms with Gasteiger partial charge in [-0.25, -0.2) is 0 Å². The zero-order chi connectivity index (χ0) is 6.95. The minimum absolute atomic E-state index is 0. The summed E-state index contributed by atoms with van der Waals surface area (Å²) in [6, 6.07) is 0. The van der Waals surface area contributed by atoms with Crippen LogP contribution in [0.2, 0.25) is 0 Å². The molecule has 0 radical (unpaired) electrons. The van der Waals surface area contributed by atoms with Gasteiger partial charge in [0.2, 0.25) is 0 Å². The summed E-state index contributed by atoms with van der Waals surface area (Å²) in [6.45, 7) is 2.25. The molecule has 0 aromatic carbocycles. The summed E-state index contributed by atoms with van der Waals surface area (Å²) in [6.07, 6.45) is 8.40. The lowest BCUT2D eigenvalue weighted by Crippen LogP contribution is -1.78. The SMILES string of the molecule is CCCCCCCCBr.[MgH2]. The van der Waals surface area contributed by atoms with E-state index in [0.29, 0.717) is 0 Å². The maximum atomic E-state index is 3.42. The third-order valence-electron chi connectivity index (χ3n) is 1.49. The smallest absolute Gasteiger partial charge is 0.0928 e. The molecule has 0 N–H and O–H groups in total. The van der Waals surface area contributed by atoms with E-state index in [9.17, 15) is 0 Å².